The first-order valence-electron chi connectivity index (χ1n) is 8.05. The molecule has 1 aromatic rings. The van der Waals surface area contributed by atoms with E-state index < -0.39 is 0 Å². The van der Waals surface area contributed by atoms with Crippen molar-refractivity contribution in [2.24, 2.45) is 0 Å². The minimum absolute atomic E-state index is 0.0436. The van der Waals surface area contributed by atoms with Crippen LogP contribution in [0.25, 0.3) is 0 Å². The topological polar surface area (TPSA) is 52.6 Å². The second-order valence-electron chi connectivity index (χ2n) is 6.11. The van der Waals surface area contributed by atoms with Crippen LogP contribution in [0.15, 0.2) is 24.3 Å². The number of benzene rings is 1. The van der Waals surface area contributed by atoms with Gasteiger partial charge < -0.3 is 15.3 Å². The first-order chi connectivity index (χ1) is 10.3. The Kier molecular flexibility index (Phi) is 4.44. The Morgan fingerprint density at radius 1 is 1.24 bits per heavy atom. The first-order valence-corrected chi connectivity index (χ1v) is 8.05. The Bertz CT molecular complexity index is 472. The molecule has 1 aromatic carbocycles. The standard InChI is InChI=1S/C17H24N2O2/c20-11-10-19(14-7-2-1-3-8-14)17(21)16-12-13-6-4-5-9-15(13)18-16/h4-6,9,14,16,18,20H,1-3,7-8,10-12H2. The summed E-state index contributed by atoms with van der Waals surface area (Å²) in [4.78, 5) is 14.8. The van der Waals surface area contributed by atoms with Gasteiger partial charge in [0.05, 0.1) is 6.61 Å². The third-order valence-electron chi connectivity index (χ3n) is 4.71. The second-order valence-corrected chi connectivity index (χ2v) is 6.11. The van der Waals surface area contributed by atoms with E-state index in [2.05, 4.69) is 11.4 Å². The molecule has 0 spiro atoms. The van der Waals surface area contributed by atoms with Gasteiger partial charge in [-0.25, -0.2) is 0 Å². The molecule has 114 valence electrons. The van der Waals surface area contributed by atoms with Crippen LogP contribution in [0.5, 0.6) is 0 Å². The lowest BCUT2D eigenvalue weighted by molar-refractivity contribution is -0.135. The number of aliphatic hydroxyl groups is 1. The lowest BCUT2D eigenvalue weighted by atomic mass is 9.93. The normalized spacial score (nSPS) is 21.7. The van der Waals surface area contributed by atoms with E-state index in [0.717, 1.165) is 24.9 Å². The van der Waals surface area contributed by atoms with Crippen LogP contribution in [0.4, 0.5) is 5.69 Å². The molecule has 0 aromatic heterocycles. The fourth-order valence-electron chi connectivity index (χ4n) is 3.62. The summed E-state index contributed by atoms with van der Waals surface area (Å²) >= 11 is 0. The number of carbonyl (C=O) groups excluding carboxylic acids is 1. The maximum absolute atomic E-state index is 12.9. The molecule has 1 aliphatic carbocycles. The molecular weight excluding hydrogens is 264 g/mol. The van der Waals surface area contributed by atoms with Crippen molar-refractivity contribution < 1.29 is 9.90 Å². The molecule has 3 rings (SSSR count). The summed E-state index contributed by atoms with van der Waals surface area (Å²) in [7, 11) is 0. The number of hydrogen-bond acceptors (Lipinski definition) is 3. The number of hydrogen-bond donors (Lipinski definition) is 2. The molecule has 1 saturated carbocycles. The van der Waals surface area contributed by atoms with Crippen LogP contribution in [-0.4, -0.2) is 41.1 Å². The Balaban J connectivity index is 1.70. The molecule has 0 saturated heterocycles. The number of anilines is 1. The summed E-state index contributed by atoms with van der Waals surface area (Å²) in [5, 5.41) is 12.7. The Morgan fingerprint density at radius 2 is 2.00 bits per heavy atom. The quantitative estimate of drug-likeness (QED) is 0.893. The van der Waals surface area contributed by atoms with Crippen LogP contribution in [0.1, 0.15) is 37.7 Å². The molecular formula is C17H24N2O2. The van der Waals surface area contributed by atoms with E-state index in [1.54, 1.807) is 0 Å². The summed E-state index contributed by atoms with van der Waals surface area (Å²) in [5.41, 5.74) is 2.28. The maximum atomic E-state index is 12.9. The fraction of sp³-hybridized carbons (Fsp3) is 0.588. The van der Waals surface area contributed by atoms with Crippen LogP contribution >= 0.6 is 0 Å². The second kappa shape index (κ2) is 6.48. The van der Waals surface area contributed by atoms with Gasteiger partial charge >= 0.3 is 0 Å². The Hall–Kier alpha value is -1.55. The van der Waals surface area contributed by atoms with Crippen molar-refractivity contribution in [3.05, 3.63) is 29.8 Å². The number of fused-ring (bicyclic) bond motifs is 1. The number of amides is 1. The predicted octanol–water partition coefficient (Wildman–Crippen LogP) is 2.18. The van der Waals surface area contributed by atoms with Gasteiger partial charge in [0.2, 0.25) is 5.91 Å². The third-order valence-corrected chi connectivity index (χ3v) is 4.71. The molecule has 1 heterocycles. The van der Waals surface area contributed by atoms with Gasteiger partial charge in [-0.2, -0.15) is 0 Å². The van der Waals surface area contributed by atoms with Crippen molar-refractivity contribution in [3.8, 4) is 0 Å². The van der Waals surface area contributed by atoms with Gasteiger partial charge in [0.15, 0.2) is 0 Å². The highest BCUT2D eigenvalue weighted by atomic mass is 16.3. The van der Waals surface area contributed by atoms with E-state index in [0.29, 0.717) is 12.6 Å². The highest BCUT2D eigenvalue weighted by Crippen LogP contribution is 2.28. The molecule has 2 aliphatic rings. The zero-order valence-corrected chi connectivity index (χ0v) is 12.4. The zero-order valence-electron chi connectivity index (χ0n) is 12.4. The van der Waals surface area contributed by atoms with Crippen molar-refractivity contribution >= 4 is 11.6 Å². The summed E-state index contributed by atoms with van der Waals surface area (Å²) in [6, 6.07) is 8.25. The first kappa shape index (κ1) is 14.4. The van der Waals surface area contributed by atoms with E-state index in [9.17, 15) is 9.90 Å². The monoisotopic (exact) mass is 288 g/mol. The zero-order chi connectivity index (χ0) is 14.7. The van der Waals surface area contributed by atoms with Crippen molar-refractivity contribution in [2.75, 3.05) is 18.5 Å². The summed E-state index contributed by atoms with van der Waals surface area (Å²) in [6.07, 6.45) is 6.56. The van der Waals surface area contributed by atoms with E-state index in [4.69, 9.17) is 0 Å². The summed E-state index contributed by atoms with van der Waals surface area (Å²) < 4.78 is 0. The Labute approximate surface area is 126 Å². The average molecular weight is 288 g/mol. The van der Waals surface area contributed by atoms with Gasteiger partial charge in [0.25, 0.3) is 0 Å². The minimum atomic E-state index is -0.170. The van der Waals surface area contributed by atoms with Crippen LogP contribution in [-0.2, 0) is 11.2 Å². The van der Waals surface area contributed by atoms with Crippen molar-refractivity contribution in [2.45, 2.75) is 50.6 Å². The smallest absolute Gasteiger partial charge is 0.245 e. The number of aliphatic hydroxyl groups excluding tert-OH is 1. The molecule has 21 heavy (non-hydrogen) atoms. The number of rotatable bonds is 4. The highest BCUT2D eigenvalue weighted by Gasteiger charge is 2.33. The van der Waals surface area contributed by atoms with Crippen molar-refractivity contribution in [1.82, 2.24) is 4.90 Å². The van der Waals surface area contributed by atoms with E-state index in [-0.39, 0.29) is 18.6 Å². The van der Waals surface area contributed by atoms with Crippen LogP contribution in [0.3, 0.4) is 0 Å². The SMILES string of the molecule is O=C(C1Cc2ccccc2N1)N(CCO)C1CCCCC1. The van der Waals surface area contributed by atoms with Crippen LogP contribution in [0.2, 0.25) is 0 Å². The number of nitrogens with zero attached hydrogens (tertiary/aromatic N) is 1. The lowest BCUT2D eigenvalue weighted by Gasteiger charge is -2.35. The maximum Gasteiger partial charge on any atom is 0.245 e. The fourth-order valence-corrected chi connectivity index (χ4v) is 3.62. The molecule has 1 atom stereocenters. The molecule has 4 nitrogen and oxygen atoms in total. The van der Waals surface area contributed by atoms with E-state index in [1.165, 1.54) is 24.8 Å². The van der Waals surface area contributed by atoms with Crippen LogP contribution < -0.4 is 5.32 Å². The average Bonchev–Trinajstić information content (AvgIpc) is 2.97. The van der Waals surface area contributed by atoms with E-state index in [1.807, 2.05) is 23.1 Å². The van der Waals surface area contributed by atoms with Crippen molar-refractivity contribution in [1.29, 1.82) is 0 Å². The summed E-state index contributed by atoms with van der Waals surface area (Å²) in [5.74, 6) is 0.146. The number of carbonyl (C=O) groups is 1. The minimum Gasteiger partial charge on any atom is -0.395 e. The van der Waals surface area contributed by atoms with Crippen molar-refractivity contribution in [3.63, 3.8) is 0 Å². The molecule has 1 aliphatic heterocycles. The van der Waals surface area contributed by atoms with Gasteiger partial charge in [-0.15, -0.1) is 0 Å². The third kappa shape index (κ3) is 3.05. The molecule has 2 N–H and O–H groups in total. The Morgan fingerprint density at radius 3 is 2.71 bits per heavy atom. The molecule has 0 bridgehead atoms. The highest BCUT2D eigenvalue weighted by molar-refractivity contribution is 5.87. The number of nitrogens with one attached hydrogen (secondary N) is 1. The lowest BCUT2D eigenvalue weighted by Crippen LogP contribution is -2.49. The van der Waals surface area contributed by atoms with E-state index >= 15 is 0 Å². The van der Waals surface area contributed by atoms with Gasteiger partial charge in [-0.3, -0.25) is 4.79 Å². The van der Waals surface area contributed by atoms with Gasteiger partial charge in [0.1, 0.15) is 6.04 Å². The molecule has 4 heteroatoms. The van der Waals surface area contributed by atoms with Gasteiger partial charge in [0, 0.05) is 24.7 Å². The number of para-hydroxylation sites is 1. The van der Waals surface area contributed by atoms with Gasteiger partial charge in [-0.1, -0.05) is 37.5 Å². The van der Waals surface area contributed by atoms with Crippen LogP contribution in [0, 0.1) is 0 Å². The molecule has 1 unspecified atom stereocenters. The van der Waals surface area contributed by atoms with Gasteiger partial charge in [-0.05, 0) is 24.5 Å². The molecule has 0 radical (unpaired) electrons. The summed E-state index contributed by atoms with van der Waals surface area (Å²) in [6.45, 7) is 0.500. The molecule has 1 amide bonds. The molecule has 1 fully saturated rings. The predicted molar refractivity (Wildman–Crippen MR) is 83.2 cm³/mol. The largest absolute Gasteiger partial charge is 0.395 e.